The first kappa shape index (κ1) is 14.4. The summed E-state index contributed by atoms with van der Waals surface area (Å²) in [6, 6.07) is 15.2. The van der Waals surface area contributed by atoms with Crippen molar-refractivity contribution in [2.75, 3.05) is 5.75 Å². The quantitative estimate of drug-likeness (QED) is 0.620. The maximum absolute atomic E-state index is 5.71. The molecule has 2 aromatic rings. The Bertz CT molecular complexity index is 527. The summed E-state index contributed by atoms with van der Waals surface area (Å²) in [6.07, 6.45) is 1.19. The highest BCUT2D eigenvalue weighted by Crippen LogP contribution is 2.25. The molecule has 3 N–H and O–H groups in total. The molecule has 0 saturated carbocycles. The van der Waals surface area contributed by atoms with E-state index in [-0.39, 0.29) is 6.04 Å². The van der Waals surface area contributed by atoms with Gasteiger partial charge >= 0.3 is 0 Å². The zero-order valence-electron chi connectivity index (χ0n) is 11.6. The van der Waals surface area contributed by atoms with Crippen molar-refractivity contribution in [1.29, 1.82) is 0 Å². The second-order valence-electron chi connectivity index (χ2n) is 4.88. The van der Waals surface area contributed by atoms with Crippen molar-refractivity contribution in [3.63, 3.8) is 0 Å². The molecule has 0 spiro atoms. The molecular formula is C16H22N2S. The van der Waals surface area contributed by atoms with E-state index < -0.39 is 0 Å². The van der Waals surface area contributed by atoms with Gasteiger partial charge in [-0.05, 0) is 28.8 Å². The van der Waals surface area contributed by atoms with Gasteiger partial charge in [0.25, 0.3) is 0 Å². The van der Waals surface area contributed by atoms with Gasteiger partial charge in [0.1, 0.15) is 0 Å². The third kappa shape index (κ3) is 3.72. The number of nitrogens with two attached hydrogens (primary N) is 1. The highest BCUT2D eigenvalue weighted by molar-refractivity contribution is 7.99. The summed E-state index contributed by atoms with van der Waals surface area (Å²) in [4.78, 5) is 0. The maximum atomic E-state index is 5.71. The van der Waals surface area contributed by atoms with E-state index in [4.69, 9.17) is 5.84 Å². The monoisotopic (exact) mass is 274 g/mol. The van der Waals surface area contributed by atoms with Gasteiger partial charge in [0.15, 0.2) is 0 Å². The second-order valence-corrected chi connectivity index (χ2v) is 6.35. The molecule has 0 saturated heterocycles. The van der Waals surface area contributed by atoms with Crippen LogP contribution in [-0.4, -0.2) is 11.0 Å². The fourth-order valence-corrected chi connectivity index (χ4v) is 3.09. The van der Waals surface area contributed by atoms with Crippen LogP contribution < -0.4 is 11.3 Å². The van der Waals surface area contributed by atoms with Gasteiger partial charge in [-0.3, -0.25) is 11.3 Å². The topological polar surface area (TPSA) is 38.0 Å². The van der Waals surface area contributed by atoms with Crippen LogP contribution in [0.2, 0.25) is 0 Å². The molecule has 0 radical (unpaired) electrons. The van der Waals surface area contributed by atoms with Crippen molar-refractivity contribution < 1.29 is 0 Å². The first-order valence-electron chi connectivity index (χ1n) is 6.81. The van der Waals surface area contributed by atoms with Crippen LogP contribution in [0.3, 0.4) is 0 Å². The minimum Gasteiger partial charge on any atom is -0.271 e. The summed E-state index contributed by atoms with van der Waals surface area (Å²) in [5, 5.41) is 3.22. The van der Waals surface area contributed by atoms with Gasteiger partial charge in [0.2, 0.25) is 0 Å². The van der Waals surface area contributed by atoms with E-state index in [1.807, 2.05) is 11.8 Å². The number of rotatable bonds is 6. The lowest BCUT2D eigenvalue weighted by atomic mass is 10.0. The van der Waals surface area contributed by atoms with Crippen LogP contribution in [0.5, 0.6) is 0 Å². The summed E-state index contributed by atoms with van der Waals surface area (Å²) in [7, 11) is 0. The van der Waals surface area contributed by atoms with Crippen LogP contribution in [-0.2, 0) is 0 Å². The summed E-state index contributed by atoms with van der Waals surface area (Å²) in [6.45, 7) is 4.48. The molecule has 0 aromatic heterocycles. The summed E-state index contributed by atoms with van der Waals surface area (Å²) in [5.41, 5.74) is 4.20. The third-order valence-corrected chi connectivity index (χ3v) is 4.93. The molecule has 0 aliphatic carbocycles. The molecule has 2 rings (SSSR count). The number of nitrogens with one attached hydrogen (secondary N) is 1. The minimum absolute atomic E-state index is 0.212. The molecule has 2 atom stereocenters. The SMILES string of the molecule is CCC(C)SCC(NN)c1ccc2ccccc2c1. The summed E-state index contributed by atoms with van der Waals surface area (Å²) in [5.74, 6) is 6.72. The van der Waals surface area contributed by atoms with Crippen LogP contribution >= 0.6 is 11.8 Å². The Labute approximate surface area is 119 Å². The maximum Gasteiger partial charge on any atom is 0.0550 e. The van der Waals surface area contributed by atoms with Gasteiger partial charge in [-0.2, -0.15) is 11.8 Å². The first-order chi connectivity index (χ1) is 9.24. The molecule has 2 aromatic carbocycles. The highest BCUT2D eigenvalue weighted by Gasteiger charge is 2.11. The van der Waals surface area contributed by atoms with E-state index in [1.165, 1.54) is 22.8 Å². The van der Waals surface area contributed by atoms with E-state index >= 15 is 0 Å². The fraction of sp³-hybridized carbons (Fsp3) is 0.375. The van der Waals surface area contributed by atoms with Crippen LogP contribution in [0.25, 0.3) is 10.8 Å². The zero-order valence-corrected chi connectivity index (χ0v) is 12.4. The minimum atomic E-state index is 0.212. The van der Waals surface area contributed by atoms with Crippen molar-refractivity contribution >= 4 is 22.5 Å². The Morgan fingerprint density at radius 2 is 1.89 bits per heavy atom. The lowest BCUT2D eigenvalue weighted by molar-refractivity contribution is 0.610. The standard InChI is InChI=1S/C16H22N2S/c1-3-12(2)19-11-16(18-17)15-9-8-13-6-4-5-7-14(13)10-15/h4-10,12,16,18H,3,11,17H2,1-2H3. The Morgan fingerprint density at radius 1 is 1.16 bits per heavy atom. The third-order valence-electron chi connectivity index (χ3n) is 3.50. The molecule has 0 amide bonds. The largest absolute Gasteiger partial charge is 0.271 e. The van der Waals surface area contributed by atoms with E-state index in [0.717, 1.165) is 5.75 Å². The van der Waals surface area contributed by atoms with Crippen molar-refractivity contribution in [3.8, 4) is 0 Å². The summed E-state index contributed by atoms with van der Waals surface area (Å²) >= 11 is 1.97. The van der Waals surface area contributed by atoms with Crippen LogP contribution in [0.4, 0.5) is 0 Å². The summed E-state index contributed by atoms with van der Waals surface area (Å²) < 4.78 is 0. The van der Waals surface area contributed by atoms with Gasteiger partial charge in [-0.1, -0.05) is 50.2 Å². The van der Waals surface area contributed by atoms with Crippen molar-refractivity contribution in [2.24, 2.45) is 5.84 Å². The zero-order chi connectivity index (χ0) is 13.7. The van der Waals surface area contributed by atoms with E-state index in [0.29, 0.717) is 5.25 Å². The van der Waals surface area contributed by atoms with E-state index in [9.17, 15) is 0 Å². The average Bonchev–Trinajstić information content (AvgIpc) is 2.47. The molecule has 0 bridgehead atoms. The Kier molecular flexibility index (Phi) is 5.25. The van der Waals surface area contributed by atoms with Crippen LogP contribution in [0, 0.1) is 0 Å². The lowest BCUT2D eigenvalue weighted by Crippen LogP contribution is -2.30. The number of hydrazine groups is 1. The van der Waals surface area contributed by atoms with E-state index in [1.54, 1.807) is 0 Å². The molecule has 0 aliphatic rings. The van der Waals surface area contributed by atoms with Crippen molar-refractivity contribution in [1.82, 2.24) is 5.43 Å². The molecule has 2 nitrogen and oxygen atoms in total. The number of hydrogen-bond acceptors (Lipinski definition) is 3. The van der Waals surface area contributed by atoms with E-state index in [2.05, 4.69) is 61.7 Å². The Hall–Kier alpha value is -1.03. The van der Waals surface area contributed by atoms with Crippen LogP contribution in [0.15, 0.2) is 42.5 Å². The van der Waals surface area contributed by atoms with Crippen molar-refractivity contribution in [2.45, 2.75) is 31.6 Å². The first-order valence-corrected chi connectivity index (χ1v) is 7.86. The second kappa shape index (κ2) is 6.94. The molecule has 2 unspecified atom stereocenters. The van der Waals surface area contributed by atoms with Gasteiger partial charge < -0.3 is 0 Å². The highest BCUT2D eigenvalue weighted by atomic mass is 32.2. The molecule has 0 heterocycles. The fourth-order valence-electron chi connectivity index (χ4n) is 2.04. The van der Waals surface area contributed by atoms with Crippen molar-refractivity contribution in [3.05, 3.63) is 48.0 Å². The average molecular weight is 274 g/mol. The smallest absolute Gasteiger partial charge is 0.0550 e. The molecule has 0 aliphatic heterocycles. The normalized spacial score (nSPS) is 14.5. The van der Waals surface area contributed by atoms with Gasteiger partial charge in [0.05, 0.1) is 6.04 Å². The van der Waals surface area contributed by atoms with Gasteiger partial charge in [-0.25, -0.2) is 0 Å². The van der Waals surface area contributed by atoms with Gasteiger partial charge in [-0.15, -0.1) is 0 Å². The molecular weight excluding hydrogens is 252 g/mol. The molecule has 19 heavy (non-hydrogen) atoms. The number of thioether (sulfide) groups is 1. The Morgan fingerprint density at radius 3 is 2.58 bits per heavy atom. The Balaban J connectivity index is 2.15. The number of hydrogen-bond donors (Lipinski definition) is 2. The number of benzene rings is 2. The van der Waals surface area contributed by atoms with Gasteiger partial charge in [0, 0.05) is 11.0 Å². The molecule has 3 heteroatoms. The molecule has 0 fully saturated rings. The van der Waals surface area contributed by atoms with Crippen LogP contribution in [0.1, 0.15) is 31.9 Å². The molecule has 102 valence electrons. The number of fused-ring (bicyclic) bond motifs is 1. The lowest BCUT2D eigenvalue weighted by Gasteiger charge is -2.18. The predicted molar refractivity (Wildman–Crippen MR) is 86.2 cm³/mol. The predicted octanol–water partition coefficient (Wildman–Crippen LogP) is 3.88.